The molecule has 14 heavy (non-hydrogen) atoms. The molecule has 0 aromatic heterocycles. The Morgan fingerprint density at radius 3 is 2.21 bits per heavy atom. The van der Waals surface area contributed by atoms with E-state index in [1.54, 1.807) is 0 Å². The van der Waals surface area contributed by atoms with Gasteiger partial charge in [0.15, 0.2) is 6.29 Å². The summed E-state index contributed by atoms with van der Waals surface area (Å²) >= 11 is 0. The van der Waals surface area contributed by atoms with E-state index in [0.29, 0.717) is 0 Å². The molecule has 0 aromatic rings. The van der Waals surface area contributed by atoms with Gasteiger partial charge in [0.2, 0.25) is 0 Å². The van der Waals surface area contributed by atoms with Crippen molar-refractivity contribution in [2.75, 3.05) is 0 Å². The van der Waals surface area contributed by atoms with Gasteiger partial charge in [-0.2, -0.15) is 4.31 Å². The zero-order chi connectivity index (χ0) is 9.41. The van der Waals surface area contributed by atoms with Crippen molar-refractivity contribution < 1.29 is 72.3 Å². The molecular formula is C2H7NaO9P2. The summed E-state index contributed by atoms with van der Waals surface area (Å²) < 4.78 is 37.1. The normalized spacial score (nSPS) is 42.1. The van der Waals surface area contributed by atoms with Crippen LogP contribution >= 0.6 is 15.6 Å². The van der Waals surface area contributed by atoms with Crippen LogP contribution in [0.2, 0.25) is 0 Å². The third-order valence-electron chi connectivity index (χ3n) is 0.862. The Morgan fingerprint density at radius 2 is 1.86 bits per heavy atom. The fraction of sp³-hybridized carbons (Fsp3) is 1.00. The standard InChI is InChI=1S/C2H6O8P2.Na.H2O/c1-2-7-11(4,5)10-12(6,8-2)9-3;;/h2-3H,1H3,(H,4,5);;1H2/q;+1;/p-1. The SMILES string of the molecule is CC1OP(=O)(O)OP(=O)(OO)O1.[Na+].[OH-]. The largest absolute Gasteiger partial charge is 1.00 e. The maximum absolute atomic E-state index is 10.9. The van der Waals surface area contributed by atoms with E-state index in [9.17, 15) is 9.13 Å². The van der Waals surface area contributed by atoms with Crippen molar-refractivity contribution in [3.8, 4) is 0 Å². The molecule has 0 radical (unpaired) electrons. The number of rotatable bonds is 1. The van der Waals surface area contributed by atoms with Crippen molar-refractivity contribution >= 4 is 15.6 Å². The zero-order valence-electron chi connectivity index (χ0n) is 7.26. The van der Waals surface area contributed by atoms with Gasteiger partial charge < -0.3 is 10.4 Å². The first-order valence-corrected chi connectivity index (χ1v) is 5.67. The molecule has 0 saturated carbocycles. The number of hydrogen-bond acceptors (Lipinski definition) is 8. The average Bonchev–Trinajstić information content (AvgIpc) is 1.82. The maximum Gasteiger partial charge on any atom is 1.00 e. The zero-order valence-corrected chi connectivity index (χ0v) is 11.1. The minimum atomic E-state index is -4.45. The first kappa shape index (κ1) is 17.6. The van der Waals surface area contributed by atoms with E-state index in [4.69, 9.17) is 10.2 Å². The molecule has 1 aliphatic heterocycles. The van der Waals surface area contributed by atoms with Crippen molar-refractivity contribution in [1.29, 1.82) is 0 Å². The summed E-state index contributed by atoms with van der Waals surface area (Å²) in [6, 6.07) is 0. The first-order chi connectivity index (χ1) is 5.37. The smallest absolute Gasteiger partial charge is 0.870 e. The van der Waals surface area contributed by atoms with E-state index < -0.39 is 21.9 Å². The van der Waals surface area contributed by atoms with E-state index in [1.165, 1.54) is 6.92 Å². The summed E-state index contributed by atoms with van der Waals surface area (Å²) in [7, 11) is -8.81. The molecule has 80 valence electrons. The van der Waals surface area contributed by atoms with Crippen molar-refractivity contribution in [3.63, 3.8) is 0 Å². The van der Waals surface area contributed by atoms with E-state index in [0.717, 1.165) is 0 Å². The molecule has 1 saturated heterocycles. The minimum absolute atomic E-state index is 0. The third-order valence-corrected chi connectivity index (χ3v) is 3.81. The number of phosphoric acid groups is 2. The maximum atomic E-state index is 10.9. The predicted octanol–water partition coefficient (Wildman–Crippen LogP) is -2.08. The summed E-state index contributed by atoms with van der Waals surface area (Å²) in [4.78, 5) is 8.68. The van der Waals surface area contributed by atoms with Crippen molar-refractivity contribution in [2.45, 2.75) is 13.2 Å². The van der Waals surface area contributed by atoms with Crippen LogP contribution in [0.25, 0.3) is 0 Å². The Bertz CT molecular complexity index is 266. The Kier molecular flexibility index (Phi) is 7.59. The predicted molar refractivity (Wildman–Crippen MR) is 35.8 cm³/mol. The first-order valence-electron chi connectivity index (χ1n) is 2.71. The van der Waals surface area contributed by atoms with Gasteiger partial charge in [-0.15, -0.1) is 4.67 Å². The van der Waals surface area contributed by atoms with Gasteiger partial charge in [-0.1, -0.05) is 0 Å². The van der Waals surface area contributed by atoms with Crippen LogP contribution < -0.4 is 29.6 Å². The van der Waals surface area contributed by atoms with Gasteiger partial charge in [-0.3, -0.25) is 9.05 Å². The molecule has 3 N–H and O–H groups in total. The van der Waals surface area contributed by atoms with Gasteiger partial charge in [0.1, 0.15) is 0 Å². The van der Waals surface area contributed by atoms with Crippen LogP contribution in [-0.4, -0.2) is 21.9 Å². The summed E-state index contributed by atoms with van der Waals surface area (Å²) in [5.74, 6) is 0. The van der Waals surface area contributed by atoms with Crippen LogP contribution in [0.5, 0.6) is 0 Å². The van der Waals surface area contributed by atoms with Gasteiger partial charge in [0.25, 0.3) is 0 Å². The molecule has 0 amide bonds. The van der Waals surface area contributed by atoms with E-state index in [1.807, 2.05) is 0 Å². The Morgan fingerprint density at radius 1 is 1.36 bits per heavy atom. The Balaban J connectivity index is 0. The molecule has 0 spiro atoms. The topological polar surface area (TPSA) is 142 Å². The molecule has 1 rings (SSSR count). The molecule has 1 fully saturated rings. The molecule has 0 bridgehead atoms. The van der Waals surface area contributed by atoms with Crippen LogP contribution in [0.4, 0.5) is 0 Å². The van der Waals surface area contributed by atoms with E-state index in [-0.39, 0.29) is 35.0 Å². The molecule has 1 aliphatic rings. The molecule has 0 aromatic carbocycles. The van der Waals surface area contributed by atoms with Crippen LogP contribution in [-0.2, 0) is 27.2 Å². The third kappa shape index (κ3) is 4.80. The number of phosphoric ester groups is 1. The number of hydrogen-bond donors (Lipinski definition) is 2. The van der Waals surface area contributed by atoms with Gasteiger partial charge >= 0.3 is 45.2 Å². The van der Waals surface area contributed by atoms with Gasteiger partial charge in [-0.05, 0) is 6.92 Å². The van der Waals surface area contributed by atoms with E-state index >= 15 is 0 Å². The fourth-order valence-corrected chi connectivity index (χ4v) is 2.96. The quantitative estimate of drug-likeness (QED) is 0.235. The van der Waals surface area contributed by atoms with Crippen LogP contribution in [0.1, 0.15) is 6.92 Å². The molecule has 12 heteroatoms. The second kappa shape index (κ2) is 6.05. The average molecular weight is 260 g/mol. The minimum Gasteiger partial charge on any atom is -0.870 e. The van der Waals surface area contributed by atoms with Crippen LogP contribution in [0.15, 0.2) is 0 Å². The molecule has 1 heterocycles. The Labute approximate surface area is 101 Å². The Hall–Kier alpha value is 1.18. The molecule has 9 nitrogen and oxygen atoms in total. The van der Waals surface area contributed by atoms with Gasteiger partial charge in [0.05, 0.1) is 0 Å². The van der Waals surface area contributed by atoms with Gasteiger partial charge in [0, 0.05) is 0 Å². The summed E-state index contributed by atoms with van der Waals surface area (Å²) in [6.07, 6.45) is -1.26. The monoisotopic (exact) mass is 260 g/mol. The van der Waals surface area contributed by atoms with E-state index in [2.05, 4.69) is 18.0 Å². The summed E-state index contributed by atoms with van der Waals surface area (Å²) in [5.41, 5.74) is 0. The van der Waals surface area contributed by atoms with Crippen LogP contribution in [0.3, 0.4) is 0 Å². The fourth-order valence-electron chi connectivity index (χ4n) is 0.588. The van der Waals surface area contributed by atoms with Crippen LogP contribution in [0, 0.1) is 0 Å². The summed E-state index contributed by atoms with van der Waals surface area (Å²) in [6.45, 7) is 1.19. The second-order valence-corrected chi connectivity index (χ2v) is 4.93. The molecular weight excluding hydrogens is 253 g/mol. The second-order valence-electron chi connectivity index (χ2n) is 1.86. The van der Waals surface area contributed by atoms with Crippen molar-refractivity contribution in [1.82, 2.24) is 0 Å². The molecule has 3 atom stereocenters. The summed E-state index contributed by atoms with van der Waals surface area (Å²) in [5, 5.41) is 8.00. The van der Waals surface area contributed by atoms with Crippen molar-refractivity contribution in [2.24, 2.45) is 0 Å². The molecule has 0 aliphatic carbocycles. The molecule has 3 unspecified atom stereocenters. The van der Waals surface area contributed by atoms with Crippen molar-refractivity contribution in [3.05, 3.63) is 0 Å². The van der Waals surface area contributed by atoms with Gasteiger partial charge in [-0.25, -0.2) is 14.4 Å².